The quantitative estimate of drug-likeness (QED) is 0.906. The zero-order valence-electron chi connectivity index (χ0n) is 10.9. The molecule has 7 heteroatoms. The maximum Gasteiger partial charge on any atom is 0.343 e. The van der Waals surface area contributed by atoms with E-state index >= 15 is 0 Å². The van der Waals surface area contributed by atoms with Crippen LogP contribution in [0.5, 0.6) is 0 Å². The summed E-state index contributed by atoms with van der Waals surface area (Å²) in [6.07, 6.45) is 1.70. The summed E-state index contributed by atoms with van der Waals surface area (Å²) < 4.78 is 2.66. The largest absolute Gasteiger partial charge is 0.343 e. The van der Waals surface area contributed by atoms with E-state index in [1.165, 1.54) is 4.57 Å². The highest BCUT2D eigenvalue weighted by Gasteiger charge is 2.17. The molecule has 0 bridgehead atoms. The molecule has 98 valence electrons. The van der Waals surface area contributed by atoms with Crippen molar-refractivity contribution in [3.8, 4) is 0 Å². The summed E-state index contributed by atoms with van der Waals surface area (Å²) in [4.78, 5) is 31.6. The first-order valence-corrected chi connectivity index (χ1v) is 6.99. The number of hydrogen-bond acceptors (Lipinski definition) is 4. The van der Waals surface area contributed by atoms with Crippen molar-refractivity contribution in [2.75, 3.05) is 6.26 Å². The monoisotopic (exact) mass is 268 g/mol. The average Bonchev–Trinajstić information content (AvgIpc) is 2.75. The molecule has 0 aliphatic carbocycles. The van der Waals surface area contributed by atoms with E-state index in [1.54, 1.807) is 6.26 Å². The van der Waals surface area contributed by atoms with Crippen molar-refractivity contribution in [2.45, 2.75) is 33.2 Å². The van der Waals surface area contributed by atoms with Crippen molar-refractivity contribution in [1.82, 2.24) is 18.5 Å². The van der Waals surface area contributed by atoms with Crippen molar-refractivity contribution in [1.29, 1.82) is 0 Å². The maximum atomic E-state index is 12.1. The van der Waals surface area contributed by atoms with Crippen LogP contribution >= 0.6 is 11.9 Å². The summed E-state index contributed by atoms with van der Waals surface area (Å²) in [5, 5.41) is 0. The second-order valence-electron chi connectivity index (χ2n) is 4.28. The number of nitrogens with zero attached hydrogens (tertiary/aromatic N) is 3. The summed E-state index contributed by atoms with van der Waals surface area (Å²) in [7, 11) is 0. The Bertz CT molecular complexity index is 695. The van der Waals surface area contributed by atoms with E-state index in [4.69, 9.17) is 0 Å². The lowest BCUT2D eigenvalue weighted by molar-refractivity contribution is 0.706. The van der Waals surface area contributed by atoms with Gasteiger partial charge in [-0.1, -0.05) is 13.8 Å². The van der Waals surface area contributed by atoms with E-state index in [0.717, 1.165) is 21.7 Å². The van der Waals surface area contributed by atoms with E-state index < -0.39 is 0 Å². The van der Waals surface area contributed by atoms with Gasteiger partial charge in [0.15, 0.2) is 11.2 Å². The van der Waals surface area contributed by atoms with Crippen LogP contribution in [0.1, 0.15) is 32.5 Å². The molecular weight excluding hydrogens is 252 g/mol. The van der Waals surface area contributed by atoms with E-state index in [2.05, 4.69) is 9.97 Å². The van der Waals surface area contributed by atoms with Crippen molar-refractivity contribution in [3.05, 3.63) is 26.7 Å². The molecule has 0 unspecified atom stereocenters. The first-order chi connectivity index (χ1) is 8.51. The third-order valence-corrected chi connectivity index (χ3v) is 3.49. The molecule has 0 aliphatic heterocycles. The molecule has 0 aromatic carbocycles. The minimum absolute atomic E-state index is 0.180. The van der Waals surface area contributed by atoms with Gasteiger partial charge in [0.2, 0.25) is 0 Å². The number of fused-ring (bicyclic) bond motifs is 1. The Hall–Kier alpha value is -1.50. The van der Waals surface area contributed by atoms with E-state index in [1.807, 2.05) is 20.8 Å². The van der Waals surface area contributed by atoms with E-state index in [9.17, 15) is 9.59 Å². The third kappa shape index (κ3) is 1.78. The van der Waals surface area contributed by atoms with Gasteiger partial charge in [0.25, 0.3) is 5.56 Å². The Kier molecular flexibility index (Phi) is 3.34. The standard InChI is InChI=1S/C11H16N4O2S/c1-5-14-9-7(12-8(13-9)6(2)3)10(16)15(18-4)11(14)17/h6H,5H2,1-4H3,(H,12,13). The first kappa shape index (κ1) is 12.9. The second-order valence-corrected chi connectivity index (χ2v) is 5.01. The Balaban J connectivity index is 2.95. The lowest BCUT2D eigenvalue weighted by Gasteiger charge is -2.05. The number of rotatable bonds is 3. The number of nitrogens with one attached hydrogen (secondary N) is 1. The first-order valence-electron chi connectivity index (χ1n) is 5.81. The number of aryl methyl sites for hydroxylation is 1. The highest BCUT2D eigenvalue weighted by molar-refractivity contribution is 7.97. The smallest absolute Gasteiger partial charge is 0.336 e. The third-order valence-electron chi connectivity index (χ3n) is 2.81. The molecule has 6 nitrogen and oxygen atoms in total. The van der Waals surface area contributed by atoms with Crippen molar-refractivity contribution < 1.29 is 0 Å². The van der Waals surface area contributed by atoms with Gasteiger partial charge in [-0.15, -0.1) is 0 Å². The summed E-state index contributed by atoms with van der Waals surface area (Å²) in [5.41, 5.74) is 0.187. The van der Waals surface area contributed by atoms with Gasteiger partial charge in [-0.2, -0.15) is 3.97 Å². The van der Waals surface area contributed by atoms with Gasteiger partial charge in [-0.25, -0.2) is 9.78 Å². The number of H-pyrrole nitrogens is 1. The molecule has 2 aromatic rings. The SMILES string of the molecule is CCn1c(=O)n(SC)c(=O)c2[nH]c(C(C)C)nc21. The van der Waals surface area contributed by atoms with Gasteiger partial charge < -0.3 is 4.98 Å². The Morgan fingerprint density at radius 1 is 1.39 bits per heavy atom. The van der Waals surface area contributed by atoms with Crippen LogP contribution in [-0.4, -0.2) is 24.8 Å². The molecule has 18 heavy (non-hydrogen) atoms. The molecule has 0 aliphatic rings. The lowest BCUT2D eigenvalue weighted by atomic mass is 10.2. The zero-order valence-corrected chi connectivity index (χ0v) is 11.7. The van der Waals surface area contributed by atoms with Gasteiger partial charge in [-0.3, -0.25) is 9.36 Å². The van der Waals surface area contributed by atoms with Crippen LogP contribution in [0.15, 0.2) is 9.59 Å². The molecule has 2 heterocycles. The van der Waals surface area contributed by atoms with Gasteiger partial charge in [0.05, 0.1) is 0 Å². The Morgan fingerprint density at radius 2 is 2.06 bits per heavy atom. The van der Waals surface area contributed by atoms with Crippen LogP contribution in [0.25, 0.3) is 11.2 Å². The Labute approximate surface area is 108 Å². The zero-order chi connectivity index (χ0) is 13.4. The molecule has 2 aromatic heterocycles. The average molecular weight is 268 g/mol. The van der Waals surface area contributed by atoms with Crippen molar-refractivity contribution in [2.24, 2.45) is 0 Å². The Morgan fingerprint density at radius 3 is 2.56 bits per heavy atom. The molecule has 0 atom stereocenters. The fourth-order valence-electron chi connectivity index (χ4n) is 1.83. The van der Waals surface area contributed by atoms with Gasteiger partial charge in [-0.05, 0) is 18.9 Å². The predicted molar refractivity (Wildman–Crippen MR) is 73.3 cm³/mol. The minimum atomic E-state index is -0.329. The number of imidazole rings is 1. The lowest BCUT2D eigenvalue weighted by Crippen LogP contribution is -2.36. The summed E-state index contributed by atoms with van der Waals surface area (Å²) >= 11 is 1.11. The second kappa shape index (κ2) is 4.64. The maximum absolute atomic E-state index is 12.1. The molecule has 0 saturated carbocycles. The van der Waals surface area contributed by atoms with Gasteiger partial charge in [0.1, 0.15) is 5.82 Å². The normalized spacial score (nSPS) is 11.6. The number of aromatic nitrogens is 4. The molecule has 1 N–H and O–H groups in total. The molecule has 0 fully saturated rings. The number of aromatic amines is 1. The topological polar surface area (TPSA) is 72.7 Å². The predicted octanol–water partition coefficient (Wildman–Crippen LogP) is 1.16. The number of hydrogen-bond donors (Lipinski definition) is 1. The van der Waals surface area contributed by atoms with Gasteiger partial charge >= 0.3 is 5.69 Å². The molecule has 2 rings (SSSR count). The molecule has 0 radical (unpaired) electrons. The fourth-order valence-corrected chi connectivity index (χ4v) is 2.35. The highest BCUT2D eigenvalue weighted by atomic mass is 32.2. The minimum Gasteiger partial charge on any atom is -0.336 e. The molecule has 0 saturated heterocycles. The van der Waals surface area contributed by atoms with Crippen LogP contribution in [-0.2, 0) is 6.54 Å². The van der Waals surface area contributed by atoms with Crippen LogP contribution in [0.4, 0.5) is 0 Å². The molecule has 0 amide bonds. The van der Waals surface area contributed by atoms with E-state index in [-0.39, 0.29) is 17.2 Å². The summed E-state index contributed by atoms with van der Waals surface area (Å²) in [5.74, 6) is 0.905. The van der Waals surface area contributed by atoms with Crippen LogP contribution < -0.4 is 11.2 Å². The highest BCUT2D eigenvalue weighted by Crippen LogP contribution is 2.14. The van der Waals surface area contributed by atoms with Crippen LogP contribution in [0.2, 0.25) is 0 Å². The van der Waals surface area contributed by atoms with Crippen molar-refractivity contribution >= 4 is 23.1 Å². The molecule has 0 spiro atoms. The van der Waals surface area contributed by atoms with E-state index in [0.29, 0.717) is 17.7 Å². The van der Waals surface area contributed by atoms with Gasteiger partial charge in [0, 0.05) is 18.7 Å². The van der Waals surface area contributed by atoms with Crippen LogP contribution in [0.3, 0.4) is 0 Å². The molecular formula is C11H16N4O2S. The van der Waals surface area contributed by atoms with Crippen molar-refractivity contribution in [3.63, 3.8) is 0 Å². The summed E-state index contributed by atoms with van der Waals surface area (Å²) in [6.45, 7) is 6.32. The summed E-state index contributed by atoms with van der Waals surface area (Å²) in [6, 6.07) is 0. The fraction of sp³-hybridized carbons (Fsp3) is 0.545. The van der Waals surface area contributed by atoms with Crippen LogP contribution in [0, 0.1) is 0 Å².